The number of primary amides is 1. The first-order chi connectivity index (χ1) is 11.6. The van der Waals surface area contributed by atoms with E-state index >= 15 is 0 Å². The first-order valence-corrected chi connectivity index (χ1v) is 8.85. The summed E-state index contributed by atoms with van der Waals surface area (Å²) in [4.78, 5) is 23.5. The van der Waals surface area contributed by atoms with Crippen LogP contribution in [0.5, 0.6) is 0 Å². The molecule has 1 aliphatic heterocycles. The zero-order valence-corrected chi connectivity index (χ0v) is 13.9. The Balaban J connectivity index is 1.73. The minimum atomic E-state index is -0.587. The molecule has 7 nitrogen and oxygen atoms in total. The van der Waals surface area contributed by atoms with Crippen molar-refractivity contribution in [2.75, 3.05) is 23.4 Å². The first kappa shape index (κ1) is 16.5. The van der Waals surface area contributed by atoms with E-state index in [2.05, 4.69) is 15.7 Å². The third-order valence-corrected chi connectivity index (χ3v) is 4.83. The molecule has 4 N–H and O–H groups in total. The van der Waals surface area contributed by atoms with Gasteiger partial charge in [-0.1, -0.05) is 12.1 Å². The third-order valence-electron chi connectivity index (χ3n) is 3.70. The van der Waals surface area contributed by atoms with Crippen LogP contribution in [0.1, 0.15) is 16.9 Å². The second-order valence-electron chi connectivity index (χ2n) is 5.51. The second-order valence-corrected chi connectivity index (χ2v) is 6.66. The minimum Gasteiger partial charge on any atom is -0.364 e. The molecule has 0 bridgehead atoms. The molecular weight excluding hydrogens is 326 g/mol. The number of aromatic nitrogens is 2. The third kappa shape index (κ3) is 3.95. The molecule has 1 saturated heterocycles. The number of hydrogen-bond acceptors (Lipinski definition) is 5. The first-order valence-electron chi connectivity index (χ1n) is 7.69. The number of rotatable bonds is 5. The van der Waals surface area contributed by atoms with Gasteiger partial charge >= 0.3 is 0 Å². The fourth-order valence-electron chi connectivity index (χ4n) is 2.54. The highest BCUT2D eigenvalue weighted by Crippen LogP contribution is 2.20. The van der Waals surface area contributed by atoms with E-state index in [-0.39, 0.29) is 17.6 Å². The average molecular weight is 345 g/mol. The summed E-state index contributed by atoms with van der Waals surface area (Å²) in [5, 5.41) is 10.4. The lowest BCUT2D eigenvalue weighted by Crippen LogP contribution is -2.40. The molecule has 126 valence electrons. The van der Waals surface area contributed by atoms with Crippen LogP contribution in [0.2, 0.25) is 0 Å². The maximum Gasteiger partial charge on any atom is 0.269 e. The Bertz CT molecular complexity index is 740. The van der Waals surface area contributed by atoms with Crippen molar-refractivity contribution in [1.29, 1.82) is 0 Å². The SMILES string of the molecule is NC(=O)c1ccn(-c2ccccc2NC(=O)CC2CSCCN2)n1. The monoisotopic (exact) mass is 345 g/mol. The van der Waals surface area contributed by atoms with Crippen molar-refractivity contribution in [3.63, 3.8) is 0 Å². The molecule has 0 radical (unpaired) electrons. The van der Waals surface area contributed by atoms with Gasteiger partial charge in [-0.25, -0.2) is 4.68 Å². The molecule has 0 saturated carbocycles. The molecule has 8 heteroatoms. The zero-order valence-electron chi connectivity index (χ0n) is 13.1. The van der Waals surface area contributed by atoms with Crippen molar-refractivity contribution < 1.29 is 9.59 Å². The number of nitrogens with two attached hydrogens (primary N) is 1. The lowest BCUT2D eigenvalue weighted by atomic mass is 10.2. The fourth-order valence-corrected chi connectivity index (χ4v) is 3.49. The molecule has 1 aromatic heterocycles. The highest BCUT2D eigenvalue weighted by molar-refractivity contribution is 7.99. The topological polar surface area (TPSA) is 102 Å². The van der Waals surface area contributed by atoms with Gasteiger partial charge in [0.15, 0.2) is 0 Å². The van der Waals surface area contributed by atoms with Crippen LogP contribution in [0.4, 0.5) is 5.69 Å². The fraction of sp³-hybridized carbons (Fsp3) is 0.312. The van der Waals surface area contributed by atoms with Gasteiger partial charge in [0.2, 0.25) is 5.91 Å². The number of thioether (sulfide) groups is 1. The summed E-state index contributed by atoms with van der Waals surface area (Å²) in [6.07, 6.45) is 2.07. The highest BCUT2D eigenvalue weighted by Gasteiger charge is 2.18. The molecule has 1 aromatic carbocycles. The normalized spacial score (nSPS) is 17.4. The molecule has 3 rings (SSSR count). The van der Waals surface area contributed by atoms with Crippen LogP contribution in [-0.4, -0.2) is 45.7 Å². The Hall–Kier alpha value is -2.32. The van der Waals surface area contributed by atoms with Crippen molar-refractivity contribution in [1.82, 2.24) is 15.1 Å². The quantitative estimate of drug-likeness (QED) is 0.750. The highest BCUT2D eigenvalue weighted by atomic mass is 32.2. The summed E-state index contributed by atoms with van der Waals surface area (Å²) in [5.74, 6) is 1.39. The van der Waals surface area contributed by atoms with Crippen LogP contribution in [0.15, 0.2) is 36.5 Å². The van der Waals surface area contributed by atoms with E-state index in [1.54, 1.807) is 12.3 Å². The maximum atomic E-state index is 12.3. The number of nitrogens with zero attached hydrogens (tertiary/aromatic N) is 2. The molecule has 0 aliphatic carbocycles. The van der Waals surface area contributed by atoms with Crippen LogP contribution in [0.3, 0.4) is 0 Å². The lowest BCUT2D eigenvalue weighted by molar-refractivity contribution is -0.116. The van der Waals surface area contributed by atoms with E-state index in [0.29, 0.717) is 17.8 Å². The molecule has 24 heavy (non-hydrogen) atoms. The van der Waals surface area contributed by atoms with Gasteiger partial charge in [-0.05, 0) is 18.2 Å². The number of benzene rings is 1. The minimum absolute atomic E-state index is 0.0512. The van der Waals surface area contributed by atoms with Crippen molar-refractivity contribution >= 4 is 29.3 Å². The molecule has 2 heterocycles. The number of para-hydroxylation sites is 2. The van der Waals surface area contributed by atoms with Crippen molar-refractivity contribution in [2.45, 2.75) is 12.5 Å². The average Bonchev–Trinajstić information content (AvgIpc) is 3.06. The predicted octanol–water partition coefficient (Wildman–Crippen LogP) is 1.00. The molecular formula is C16H19N5O2S. The Morgan fingerprint density at radius 3 is 2.92 bits per heavy atom. The van der Waals surface area contributed by atoms with Crippen LogP contribution in [0.25, 0.3) is 5.69 Å². The molecule has 1 atom stereocenters. The molecule has 2 amide bonds. The Labute approximate surface area is 144 Å². The van der Waals surface area contributed by atoms with E-state index in [0.717, 1.165) is 18.1 Å². The lowest BCUT2D eigenvalue weighted by Gasteiger charge is -2.22. The van der Waals surface area contributed by atoms with Gasteiger partial charge in [0.05, 0.1) is 11.4 Å². The van der Waals surface area contributed by atoms with E-state index in [1.807, 2.05) is 36.0 Å². The van der Waals surface area contributed by atoms with Crippen molar-refractivity contribution in [3.8, 4) is 5.69 Å². The summed E-state index contributed by atoms with van der Waals surface area (Å²) < 4.78 is 1.53. The molecule has 1 fully saturated rings. The van der Waals surface area contributed by atoms with Gasteiger partial charge in [0.1, 0.15) is 5.69 Å². The molecule has 0 spiro atoms. The number of anilines is 1. The van der Waals surface area contributed by atoms with Gasteiger partial charge in [0, 0.05) is 36.7 Å². The smallest absolute Gasteiger partial charge is 0.269 e. The summed E-state index contributed by atoms with van der Waals surface area (Å²) in [5.41, 5.74) is 6.74. The van der Waals surface area contributed by atoms with Crippen molar-refractivity contribution in [2.24, 2.45) is 5.73 Å². The van der Waals surface area contributed by atoms with Gasteiger partial charge in [-0.15, -0.1) is 0 Å². The number of amides is 2. The summed E-state index contributed by atoms with van der Waals surface area (Å²) >= 11 is 1.86. The van der Waals surface area contributed by atoms with E-state index < -0.39 is 5.91 Å². The van der Waals surface area contributed by atoms with Gasteiger partial charge in [-0.3, -0.25) is 9.59 Å². The summed E-state index contributed by atoms with van der Waals surface area (Å²) in [6.45, 7) is 0.933. The van der Waals surface area contributed by atoms with E-state index in [1.165, 1.54) is 4.68 Å². The number of hydrogen-bond donors (Lipinski definition) is 3. The van der Waals surface area contributed by atoms with Crippen LogP contribution in [-0.2, 0) is 4.79 Å². The second kappa shape index (κ2) is 7.50. The van der Waals surface area contributed by atoms with E-state index in [9.17, 15) is 9.59 Å². The van der Waals surface area contributed by atoms with E-state index in [4.69, 9.17) is 5.73 Å². The molecule has 1 aliphatic rings. The Morgan fingerprint density at radius 1 is 1.38 bits per heavy atom. The van der Waals surface area contributed by atoms with Gasteiger partial charge < -0.3 is 16.4 Å². The summed E-state index contributed by atoms with van der Waals surface area (Å²) in [7, 11) is 0. The summed E-state index contributed by atoms with van der Waals surface area (Å²) in [6, 6.07) is 9.05. The van der Waals surface area contributed by atoms with Crippen LogP contribution >= 0.6 is 11.8 Å². The Kier molecular flexibility index (Phi) is 5.17. The zero-order chi connectivity index (χ0) is 16.9. The number of carbonyl (C=O) groups is 2. The molecule has 2 aromatic rings. The van der Waals surface area contributed by atoms with Gasteiger partial charge in [0.25, 0.3) is 5.91 Å². The number of carbonyl (C=O) groups excluding carboxylic acids is 2. The largest absolute Gasteiger partial charge is 0.364 e. The number of nitrogens with one attached hydrogen (secondary N) is 2. The molecule has 1 unspecified atom stereocenters. The Morgan fingerprint density at radius 2 is 2.21 bits per heavy atom. The maximum absolute atomic E-state index is 12.3. The van der Waals surface area contributed by atoms with Crippen LogP contribution in [0, 0.1) is 0 Å². The van der Waals surface area contributed by atoms with Gasteiger partial charge in [-0.2, -0.15) is 16.9 Å². The standard InChI is InChI=1S/C16H19N5O2S/c17-16(23)13-5-7-21(20-13)14-4-2-1-3-12(14)19-15(22)9-11-10-24-8-6-18-11/h1-5,7,11,18H,6,8-10H2,(H2,17,23)(H,19,22). The van der Waals surface area contributed by atoms with Crippen molar-refractivity contribution in [3.05, 3.63) is 42.2 Å². The predicted molar refractivity (Wildman–Crippen MR) is 94.4 cm³/mol. The van der Waals surface area contributed by atoms with Crippen LogP contribution < -0.4 is 16.4 Å².